The molecule has 0 aliphatic carbocycles. The molecule has 5 atom stereocenters. The maximum atomic E-state index is 14.2. The number of esters is 1. The van der Waals surface area contributed by atoms with Crippen LogP contribution in [0.1, 0.15) is 144 Å². The third kappa shape index (κ3) is 11.1. The van der Waals surface area contributed by atoms with Gasteiger partial charge in [-0.2, -0.15) is 0 Å². The van der Waals surface area contributed by atoms with E-state index in [-0.39, 0.29) is 80.3 Å². The van der Waals surface area contributed by atoms with Gasteiger partial charge in [0.2, 0.25) is 11.8 Å². The predicted octanol–water partition coefficient (Wildman–Crippen LogP) is 5.56. The molecule has 2 aliphatic heterocycles. The minimum atomic E-state index is -1.20. The van der Waals surface area contributed by atoms with Crippen LogP contribution in [0, 0.1) is 13.8 Å². The summed E-state index contributed by atoms with van der Waals surface area (Å²) in [6.45, 7) is 11.8. The number of carbonyl (C=O) groups is 4. The van der Waals surface area contributed by atoms with Gasteiger partial charge in [-0.25, -0.2) is 4.98 Å². The van der Waals surface area contributed by atoms with E-state index in [1.807, 2.05) is 50.2 Å². The second kappa shape index (κ2) is 21.9. The van der Waals surface area contributed by atoms with Gasteiger partial charge in [-0.15, -0.1) is 22.1 Å². The maximum absolute atomic E-state index is 14.2. The first kappa shape index (κ1) is 48.8. The number of ketones is 1. The number of aliphatic hydroxyl groups excluding tert-OH is 2. The van der Waals surface area contributed by atoms with Gasteiger partial charge in [0.1, 0.15) is 5.82 Å². The molecule has 0 saturated carbocycles. The summed E-state index contributed by atoms with van der Waals surface area (Å²) in [5.41, 5.74) is 6.71. The van der Waals surface area contributed by atoms with Crippen molar-refractivity contribution in [2.24, 2.45) is 0 Å². The van der Waals surface area contributed by atoms with Crippen molar-refractivity contribution in [2.45, 2.75) is 110 Å². The summed E-state index contributed by atoms with van der Waals surface area (Å²) in [7, 11) is 1.29. The molecule has 6 heterocycles. The summed E-state index contributed by atoms with van der Waals surface area (Å²) in [4.78, 5) is 78.8. The van der Waals surface area contributed by atoms with Crippen LogP contribution in [0.15, 0.2) is 42.6 Å². The van der Waals surface area contributed by atoms with Crippen LogP contribution in [0.4, 0.5) is 5.82 Å². The number of pyridine rings is 1. The fraction of sp³-hybridized carbons (Fsp3) is 0.468. The predicted molar refractivity (Wildman–Crippen MR) is 236 cm³/mol. The van der Waals surface area contributed by atoms with Crippen LogP contribution in [0.5, 0.6) is 0 Å². The van der Waals surface area contributed by atoms with Crippen LogP contribution in [0.2, 0.25) is 0 Å². The molecular weight excluding hydrogens is 895 g/mol. The van der Waals surface area contributed by atoms with Gasteiger partial charge in [0.15, 0.2) is 5.78 Å². The number of anilines is 1. The third-order valence-electron chi connectivity index (χ3n) is 12.2. The normalized spacial score (nSPS) is 17.3. The Bertz CT molecular complexity index is 2470. The number of aromatic nitrogens is 5. The van der Waals surface area contributed by atoms with E-state index in [0.29, 0.717) is 69.7 Å². The molecule has 0 radical (unpaired) electrons. The summed E-state index contributed by atoms with van der Waals surface area (Å²) in [6, 6.07) is 11.3. The average Bonchev–Trinajstić information content (AvgIpc) is 3.95. The van der Waals surface area contributed by atoms with Crippen LogP contribution >= 0.6 is 0 Å². The van der Waals surface area contributed by atoms with E-state index >= 15 is 0 Å². The second-order valence-corrected chi connectivity index (χ2v) is 16.3. The van der Waals surface area contributed by atoms with Crippen molar-refractivity contribution in [3.63, 3.8) is 0 Å². The summed E-state index contributed by atoms with van der Waals surface area (Å²) in [6.07, 6.45) is 3.12. The molecule has 8 bridgehead atoms. The molecule has 15 nitrogen and oxygen atoms in total. The zero-order chi connectivity index (χ0) is 44.7. The average molecular weight is 953 g/mol. The van der Waals surface area contributed by atoms with Crippen molar-refractivity contribution in [3.05, 3.63) is 93.2 Å². The Hall–Kier alpha value is -5.27. The summed E-state index contributed by atoms with van der Waals surface area (Å²) < 4.78 is 5.21. The standard InChI is InChI=1S/C47H60N8O7.Pd/c1-8-31-25(2)34-22-39-43(29(6)57)27(4)36(53-39)20-35-26(3)32(14-15-41(59)50-18-12-11-17-49-40-13-9-10-16-48-40)45(54-35)33(19-42(60)62-7)46-44(47(61)51-23-30(58)24-56)28(5)37(55-46)21-38(31)52-34;/h9-10,13,16,20-22,25-26,30-32,56,58H,8,11-12,14-15,17-19,23-24H2,1-7H3,(H5,48,49,50,51,52,53,54,55,57,59,61);/q;+2/p-2/t25-,26+,30?,31-,32+;/m1./s1. The Balaban J connectivity index is 0.00000748. The van der Waals surface area contributed by atoms with E-state index in [2.05, 4.69) is 34.8 Å². The molecule has 0 fully saturated rings. The molecule has 4 aromatic heterocycles. The number of methoxy groups -OCH3 is 1. The minimum Gasteiger partial charge on any atom is -0.657 e. The molecule has 0 spiro atoms. The molecule has 6 rings (SSSR count). The SMILES string of the molecule is CC[C@H]1c2cc3[n-]c(c(CC(=O)OC)c4nc(cc5[n-]c(cc(n2)[C@@H]1C)c(C(C)=O)c5C)[C@@H](C)[C@@H]4CCC(=O)NCCCCNc1ccccn1)c(C(=O)NCC(O)CO)c3C.[Pd+2]. The molecular formula is C47H58N8O7Pd. The largest absolute Gasteiger partial charge is 2.00 e. The quantitative estimate of drug-likeness (QED) is 0.0380. The molecule has 63 heavy (non-hydrogen) atoms. The van der Waals surface area contributed by atoms with Crippen LogP contribution in [0.3, 0.4) is 0 Å². The van der Waals surface area contributed by atoms with E-state index in [1.165, 1.54) is 14.0 Å². The van der Waals surface area contributed by atoms with Gasteiger partial charge >= 0.3 is 26.4 Å². The monoisotopic (exact) mass is 952 g/mol. The topological polar surface area (TPSA) is 221 Å². The number of nitrogens with one attached hydrogen (secondary N) is 3. The van der Waals surface area contributed by atoms with Crippen LogP contribution < -0.4 is 25.9 Å². The Kier molecular flexibility index (Phi) is 16.9. The third-order valence-corrected chi connectivity index (χ3v) is 12.2. The molecule has 2 aliphatic rings. The molecule has 5 N–H and O–H groups in total. The number of nitrogens with zero attached hydrogens (tertiary/aromatic N) is 5. The molecule has 338 valence electrons. The van der Waals surface area contributed by atoms with Crippen molar-refractivity contribution in [1.82, 2.24) is 35.6 Å². The van der Waals surface area contributed by atoms with E-state index < -0.39 is 30.5 Å². The smallest absolute Gasteiger partial charge is 0.657 e. The van der Waals surface area contributed by atoms with Crippen molar-refractivity contribution < 1.29 is 54.6 Å². The van der Waals surface area contributed by atoms with Gasteiger partial charge in [0.05, 0.1) is 26.2 Å². The van der Waals surface area contributed by atoms with Gasteiger partial charge < -0.3 is 40.9 Å². The minimum absolute atomic E-state index is 0. The first-order valence-corrected chi connectivity index (χ1v) is 21.5. The van der Waals surface area contributed by atoms with Crippen molar-refractivity contribution in [2.75, 3.05) is 38.7 Å². The van der Waals surface area contributed by atoms with Crippen LogP contribution in [-0.2, 0) is 41.2 Å². The number of fused-ring (bicyclic) bond motifs is 8. The number of unbranched alkanes of at least 4 members (excludes halogenated alkanes) is 1. The summed E-state index contributed by atoms with van der Waals surface area (Å²) >= 11 is 0. The maximum Gasteiger partial charge on any atom is 2.00 e. The number of carbonyl (C=O) groups excluding carboxylic acids is 4. The van der Waals surface area contributed by atoms with E-state index in [1.54, 1.807) is 13.1 Å². The zero-order valence-corrected chi connectivity index (χ0v) is 38.5. The van der Waals surface area contributed by atoms with Gasteiger partial charge in [-0.3, -0.25) is 29.1 Å². The number of aryl methyl sites for hydroxylation is 2. The Morgan fingerprint density at radius 2 is 1.54 bits per heavy atom. The summed E-state index contributed by atoms with van der Waals surface area (Å²) in [5, 5.41) is 28.8. The molecule has 1 unspecified atom stereocenters. The molecule has 2 amide bonds. The number of ether oxygens (including phenoxy) is 1. The number of Topliss-reactive ketones (excluding diaryl/α,β-unsaturated/α-hetero) is 1. The number of hydrogen-bond donors (Lipinski definition) is 5. The van der Waals surface area contributed by atoms with Crippen LogP contribution in [0.25, 0.3) is 22.1 Å². The van der Waals surface area contributed by atoms with E-state index in [4.69, 9.17) is 24.7 Å². The van der Waals surface area contributed by atoms with Gasteiger partial charge in [0, 0.05) is 89.8 Å². The fourth-order valence-electron chi connectivity index (χ4n) is 8.58. The molecule has 0 aromatic carbocycles. The first-order valence-electron chi connectivity index (χ1n) is 21.5. The van der Waals surface area contributed by atoms with Crippen molar-refractivity contribution in [1.29, 1.82) is 0 Å². The zero-order valence-electron chi connectivity index (χ0n) is 37.0. The van der Waals surface area contributed by atoms with Crippen molar-refractivity contribution >= 4 is 51.5 Å². The van der Waals surface area contributed by atoms with E-state index in [0.717, 1.165) is 36.5 Å². The Labute approximate surface area is 381 Å². The van der Waals surface area contributed by atoms with Gasteiger partial charge in [0.25, 0.3) is 0 Å². The Morgan fingerprint density at radius 3 is 2.22 bits per heavy atom. The number of hydrogen-bond acceptors (Lipinski definition) is 11. The first-order chi connectivity index (χ1) is 29.8. The second-order valence-electron chi connectivity index (χ2n) is 16.3. The van der Waals surface area contributed by atoms with Gasteiger partial charge in [-0.1, -0.05) is 56.2 Å². The molecule has 0 saturated heterocycles. The molecule has 16 heteroatoms. The Morgan fingerprint density at radius 1 is 0.873 bits per heavy atom. The van der Waals surface area contributed by atoms with Gasteiger partial charge in [-0.05, 0) is 64.2 Å². The summed E-state index contributed by atoms with van der Waals surface area (Å²) in [5.74, 6) is -1.31. The number of amides is 2. The van der Waals surface area contributed by atoms with Crippen molar-refractivity contribution in [3.8, 4) is 0 Å². The molecule has 4 aromatic rings. The van der Waals surface area contributed by atoms with E-state index in [9.17, 15) is 29.4 Å². The fourth-order valence-corrected chi connectivity index (χ4v) is 8.58. The number of aliphatic hydroxyl groups is 2. The van der Waals surface area contributed by atoms with Crippen LogP contribution in [-0.4, -0.2) is 88.2 Å². The number of rotatable bonds is 17.